The van der Waals surface area contributed by atoms with Gasteiger partial charge in [0.1, 0.15) is 11.4 Å². The minimum atomic E-state index is -0.359. The number of aryl methyl sites for hydroxylation is 1. The van der Waals surface area contributed by atoms with E-state index in [-0.39, 0.29) is 11.8 Å². The summed E-state index contributed by atoms with van der Waals surface area (Å²) in [6, 6.07) is 14.6. The molecule has 0 radical (unpaired) electrons. The molecule has 0 N–H and O–H groups in total. The summed E-state index contributed by atoms with van der Waals surface area (Å²) in [6.07, 6.45) is 0. The number of amides is 2. The average molecular weight is 439 g/mol. The molecule has 1 aliphatic heterocycles. The van der Waals surface area contributed by atoms with Crippen LogP contribution < -0.4 is 9.64 Å². The number of carbonyl (C=O) groups is 2. The third-order valence-electron chi connectivity index (χ3n) is 5.25. The number of rotatable bonds is 11. The number of anilines is 1. The first kappa shape index (κ1) is 23.5. The third-order valence-corrected chi connectivity index (χ3v) is 5.25. The summed E-state index contributed by atoms with van der Waals surface area (Å²) >= 11 is 0. The molecular weight excluding hydrogens is 408 g/mol. The van der Waals surface area contributed by atoms with E-state index in [0.29, 0.717) is 61.2 Å². The van der Waals surface area contributed by atoms with E-state index >= 15 is 0 Å². The maximum absolute atomic E-state index is 13.6. The van der Waals surface area contributed by atoms with E-state index in [2.05, 4.69) is 0 Å². The average Bonchev–Trinajstić information content (AvgIpc) is 3.05. The molecule has 7 nitrogen and oxygen atoms in total. The Labute approximate surface area is 189 Å². The van der Waals surface area contributed by atoms with Gasteiger partial charge in [-0.05, 0) is 43.7 Å². The number of benzene rings is 2. The summed E-state index contributed by atoms with van der Waals surface area (Å²) in [5.74, 6) is -0.0242. The van der Waals surface area contributed by atoms with Crippen LogP contribution in [0.25, 0.3) is 5.57 Å². The van der Waals surface area contributed by atoms with Crippen molar-refractivity contribution in [3.05, 3.63) is 65.4 Å². The normalized spacial score (nSPS) is 13.8. The molecule has 7 heteroatoms. The van der Waals surface area contributed by atoms with Gasteiger partial charge < -0.3 is 19.1 Å². The first-order valence-electron chi connectivity index (χ1n) is 10.7. The molecule has 3 rings (SSSR count). The van der Waals surface area contributed by atoms with Crippen LogP contribution in [0, 0.1) is 6.92 Å². The Bertz CT molecular complexity index is 959. The zero-order valence-electron chi connectivity index (χ0n) is 19.1. The van der Waals surface area contributed by atoms with E-state index in [0.717, 1.165) is 5.56 Å². The molecule has 0 aliphatic carbocycles. The zero-order chi connectivity index (χ0) is 23.1. The fraction of sp³-hybridized carbons (Fsp3) is 0.360. The lowest BCUT2D eigenvalue weighted by atomic mass is 10.0. The Hall–Kier alpha value is -3.16. The summed E-state index contributed by atoms with van der Waals surface area (Å²) in [4.78, 5) is 30.3. The maximum atomic E-state index is 13.6. The molecule has 0 fully saturated rings. The lowest BCUT2D eigenvalue weighted by Crippen LogP contribution is -2.37. The summed E-state index contributed by atoms with van der Waals surface area (Å²) in [7, 11) is 3.22. The predicted molar refractivity (Wildman–Crippen MR) is 124 cm³/mol. The second kappa shape index (κ2) is 10.9. The van der Waals surface area contributed by atoms with Gasteiger partial charge in [-0.25, -0.2) is 4.90 Å². The molecule has 0 saturated carbocycles. The van der Waals surface area contributed by atoms with Crippen LogP contribution in [0.15, 0.2) is 54.2 Å². The molecule has 32 heavy (non-hydrogen) atoms. The molecule has 170 valence electrons. The van der Waals surface area contributed by atoms with Gasteiger partial charge in [-0.1, -0.05) is 29.8 Å². The number of hydrogen-bond acceptors (Lipinski definition) is 6. The summed E-state index contributed by atoms with van der Waals surface area (Å²) in [6.45, 7) is 6.17. The number of imide groups is 1. The Balaban J connectivity index is 2.06. The van der Waals surface area contributed by atoms with Gasteiger partial charge >= 0.3 is 0 Å². The minimum Gasteiger partial charge on any atom is -0.494 e. The number of methoxy groups -OCH3 is 2. The lowest BCUT2D eigenvalue weighted by molar-refractivity contribution is -0.120. The van der Waals surface area contributed by atoms with Crippen LogP contribution >= 0.6 is 0 Å². The fourth-order valence-corrected chi connectivity index (χ4v) is 3.62. The van der Waals surface area contributed by atoms with Crippen molar-refractivity contribution in [1.82, 2.24) is 4.90 Å². The van der Waals surface area contributed by atoms with E-state index in [9.17, 15) is 9.59 Å². The molecule has 2 aromatic carbocycles. The third kappa shape index (κ3) is 5.00. The molecule has 1 heterocycles. The van der Waals surface area contributed by atoms with Gasteiger partial charge in [0, 0.05) is 27.3 Å². The van der Waals surface area contributed by atoms with Crippen LogP contribution in [0.4, 0.5) is 5.69 Å². The topological polar surface area (TPSA) is 68.3 Å². The molecule has 0 saturated heterocycles. The van der Waals surface area contributed by atoms with Crippen molar-refractivity contribution in [2.24, 2.45) is 0 Å². The largest absolute Gasteiger partial charge is 0.494 e. The first-order valence-corrected chi connectivity index (χ1v) is 10.7. The van der Waals surface area contributed by atoms with Gasteiger partial charge in [0.2, 0.25) is 0 Å². The van der Waals surface area contributed by atoms with Crippen LogP contribution in [-0.2, 0) is 19.1 Å². The van der Waals surface area contributed by atoms with Crippen molar-refractivity contribution >= 4 is 23.1 Å². The van der Waals surface area contributed by atoms with Crippen LogP contribution in [0.2, 0.25) is 0 Å². The molecule has 0 unspecified atom stereocenters. The maximum Gasteiger partial charge on any atom is 0.282 e. The van der Waals surface area contributed by atoms with Crippen LogP contribution in [-0.4, -0.2) is 63.8 Å². The van der Waals surface area contributed by atoms with Crippen molar-refractivity contribution in [2.45, 2.75) is 13.8 Å². The molecule has 0 aromatic heterocycles. The van der Waals surface area contributed by atoms with E-state index in [4.69, 9.17) is 14.2 Å². The fourth-order valence-electron chi connectivity index (χ4n) is 3.62. The Morgan fingerprint density at radius 1 is 0.844 bits per heavy atom. The van der Waals surface area contributed by atoms with Crippen molar-refractivity contribution in [3.63, 3.8) is 0 Å². The molecule has 1 aliphatic rings. The van der Waals surface area contributed by atoms with Crippen molar-refractivity contribution in [3.8, 4) is 5.75 Å². The Kier molecular flexibility index (Phi) is 8.03. The van der Waals surface area contributed by atoms with E-state index in [1.54, 1.807) is 38.5 Å². The SMILES string of the molecule is CCOc1ccc(N2C(=O)C(c3ccc(C)cc3)=C(N(CCOC)CCOC)C2=O)cc1. The summed E-state index contributed by atoms with van der Waals surface area (Å²) in [5, 5.41) is 0. The molecular formula is C25H30N2O5. The monoisotopic (exact) mass is 438 g/mol. The highest BCUT2D eigenvalue weighted by atomic mass is 16.5. The highest BCUT2D eigenvalue weighted by molar-refractivity contribution is 6.45. The molecule has 0 atom stereocenters. The van der Waals surface area contributed by atoms with Gasteiger partial charge in [0.25, 0.3) is 11.8 Å². The van der Waals surface area contributed by atoms with E-state index in [1.165, 1.54) is 4.90 Å². The van der Waals surface area contributed by atoms with Gasteiger partial charge in [-0.3, -0.25) is 9.59 Å². The van der Waals surface area contributed by atoms with Crippen LogP contribution in [0.3, 0.4) is 0 Å². The molecule has 2 amide bonds. The van der Waals surface area contributed by atoms with Gasteiger partial charge in [0.05, 0.1) is 31.1 Å². The predicted octanol–water partition coefficient (Wildman–Crippen LogP) is 3.27. The zero-order valence-corrected chi connectivity index (χ0v) is 19.1. The van der Waals surface area contributed by atoms with Crippen LogP contribution in [0.5, 0.6) is 5.75 Å². The quantitative estimate of drug-likeness (QED) is 0.502. The van der Waals surface area contributed by atoms with Gasteiger partial charge in [0.15, 0.2) is 0 Å². The summed E-state index contributed by atoms with van der Waals surface area (Å²) in [5.41, 5.74) is 3.03. The van der Waals surface area contributed by atoms with Crippen molar-refractivity contribution in [1.29, 1.82) is 0 Å². The standard InChI is InChI=1S/C25H30N2O5/c1-5-32-21-12-10-20(11-13-21)27-24(28)22(19-8-6-18(2)7-9-19)23(25(27)29)26(14-16-30-3)15-17-31-4/h6-13H,5,14-17H2,1-4H3. The second-order valence-electron chi connectivity index (χ2n) is 7.43. The van der Waals surface area contributed by atoms with E-state index in [1.807, 2.05) is 43.0 Å². The Morgan fingerprint density at radius 3 is 1.97 bits per heavy atom. The van der Waals surface area contributed by atoms with Gasteiger partial charge in [-0.2, -0.15) is 0 Å². The smallest absolute Gasteiger partial charge is 0.282 e. The number of nitrogens with zero attached hydrogens (tertiary/aromatic N) is 2. The lowest BCUT2D eigenvalue weighted by Gasteiger charge is -2.25. The summed E-state index contributed by atoms with van der Waals surface area (Å²) < 4.78 is 16.0. The highest BCUT2D eigenvalue weighted by Crippen LogP contribution is 2.35. The van der Waals surface area contributed by atoms with E-state index < -0.39 is 0 Å². The molecule has 2 aromatic rings. The number of ether oxygens (including phenoxy) is 3. The highest BCUT2D eigenvalue weighted by Gasteiger charge is 2.42. The first-order chi connectivity index (χ1) is 15.5. The number of carbonyl (C=O) groups excluding carboxylic acids is 2. The van der Waals surface area contributed by atoms with Crippen LogP contribution in [0.1, 0.15) is 18.1 Å². The molecule has 0 spiro atoms. The van der Waals surface area contributed by atoms with Gasteiger partial charge in [-0.15, -0.1) is 0 Å². The second-order valence-corrected chi connectivity index (χ2v) is 7.43. The van der Waals surface area contributed by atoms with Crippen molar-refractivity contribution < 1.29 is 23.8 Å². The minimum absolute atomic E-state index is 0.349. The Morgan fingerprint density at radius 2 is 1.44 bits per heavy atom. The molecule has 0 bridgehead atoms. The number of hydrogen-bond donors (Lipinski definition) is 0. The van der Waals surface area contributed by atoms with Crippen molar-refractivity contribution in [2.75, 3.05) is 52.0 Å².